The lowest BCUT2D eigenvalue weighted by molar-refractivity contribution is -0.145. The van der Waals surface area contributed by atoms with Crippen molar-refractivity contribution in [2.45, 2.75) is 148 Å². The van der Waals surface area contributed by atoms with Crippen LogP contribution in [0, 0.1) is 81.1 Å². The van der Waals surface area contributed by atoms with E-state index in [-0.39, 0.29) is 29.6 Å². The number of aryl methyl sites for hydroxylation is 8. The van der Waals surface area contributed by atoms with Crippen LogP contribution in [0.5, 0.6) is 0 Å². The van der Waals surface area contributed by atoms with E-state index in [0.29, 0.717) is 32.7 Å². The van der Waals surface area contributed by atoms with Crippen LogP contribution in [-0.2, 0) is 53.3 Å². The molecule has 81 heavy (non-hydrogen) atoms. The summed E-state index contributed by atoms with van der Waals surface area (Å²) in [4.78, 5) is 56.9. The molecule has 0 spiro atoms. The van der Waals surface area contributed by atoms with Crippen molar-refractivity contribution in [2.75, 3.05) is 20.2 Å². The van der Waals surface area contributed by atoms with Crippen molar-refractivity contribution in [3.63, 3.8) is 0 Å². The Morgan fingerprint density at radius 2 is 0.901 bits per heavy atom. The molecular weight excluding hydrogens is 1010 g/mol. The zero-order valence-electron chi connectivity index (χ0n) is 50.0. The van der Waals surface area contributed by atoms with Crippen LogP contribution >= 0.6 is 0 Å². The molecule has 0 bridgehead atoms. The van der Waals surface area contributed by atoms with Crippen LogP contribution in [-0.4, -0.2) is 88.8 Å². The van der Waals surface area contributed by atoms with Crippen molar-refractivity contribution in [2.24, 2.45) is 11.8 Å². The fourth-order valence-corrected chi connectivity index (χ4v) is 12.7. The lowest BCUT2D eigenvalue weighted by Gasteiger charge is -2.32. The monoisotopic (exact) mass is 1090 g/mol. The van der Waals surface area contributed by atoms with Gasteiger partial charge in [0.05, 0.1) is 30.0 Å². The van der Waals surface area contributed by atoms with Gasteiger partial charge in [0.1, 0.15) is 11.0 Å². The summed E-state index contributed by atoms with van der Waals surface area (Å²) in [5.74, 6) is -2.64. The number of carbonyl (C=O) groups excluding carboxylic acids is 3. The van der Waals surface area contributed by atoms with Crippen LogP contribution in [0.3, 0.4) is 0 Å². The summed E-state index contributed by atoms with van der Waals surface area (Å²) in [6, 6.07) is 25.2. The fraction of sp³-hybridized carbons (Fsp3) is 0.403. The molecule has 0 radical (unpaired) electrons. The van der Waals surface area contributed by atoms with Gasteiger partial charge in [-0.1, -0.05) is 84.9 Å². The van der Waals surface area contributed by atoms with E-state index in [9.17, 15) is 24.3 Å². The number of benzene rings is 6. The van der Waals surface area contributed by atoms with Crippen LogP contribution in [0.15, 0.2) is 72.8 Å². The Morgan fingerprint density at radius 3 is 1.26 bits per heavy atom. The Balaban J connectivity index is 0.000000196. The fourth-order valence-electron chi connectivity index (χ4n) is 12.7. The highest BCUT2D eigenvalue weighted by Crippen LogP contribution is 2.41. The highest BCUT2D eigenvalue weighted by Gasteiger charge is 2.34. The van der Waals surface area contributed by atoms with Crippen molar-refractivity contribution in [3.8, 4) is 0 Å². The standard InChI is InChI=1S/C34H40N4O3.C33H38N4O3/c1-9-38-29-13-12-28(23(6)32(29)35-36-38)31(24(7)34(40)41-8)26-11-10-25-14-15-37(18-27(25)17-26)33(39)30-21(4)19(2)16-20(3)22(30)5;1-8-37-28-12-11-27(22(6)31(28)34-35-37)30(23(7)33(39)40)25-10-9-24-13-14-36(17-26(24)16-25)32(38)29-20(4)18(2)15-19(3)21(29)5/h10-13,16-17,24,31H,9,14-15,18H2,1-8H3;9-12,15-16,23,30H,8,13-14,17H2,1-7H3,(H,39,40)/t24?,31-;23?,30-/m00/s1. The van der Waals surface area contributed by atoms with Gasteiger partial charge in [-0.3, -0.25) is 19.2 Å². The molecule has 0 aliphatic carbocycles. The van der Waals surface area contributed by atoms with E-state index >= 15 is 0 Å². The maximum atomic E-state index is 13.9. The number of methoxy groups -OCH3 is 1. The SMILES string of the molecule is CCn1nnc2c(C)c([C@H](c3ccc4c(c3)CN(C(=O)c3c(C)c(C)cc(C)c3C)CC4)C(C)C(=O)O)ccc21.CCn1nnc2c(C)c([C@H](c3ccc4c(c3)CN(C(=O)c3c(C)c(C)cc(C)c3C)CC4)C(C)C(=O)OC)ccc21. The molecule has 422 valence electrons. The molecular formula is C67H78N8O6. The van der Waals surface area contributed by atoms with E-state index in [2.05, 4.69) is 110 Å². The predicted octanol–water partition coefficient (Wildman–Crippen LogP) is 12.2. The predicted molar refractivity (Wildman–Crippen MR) is 318 cm³/mol. The maximum absolute atomic E-state index is 13.9. The van der Waals surface area contributed by atoms with Crippen molar-refractivity contribution in [1.29, 1.82) is 0 Å². The Morgan fingerprint density at radius 1 is 0.519 bits per heavy atom. The van der Waals surface area contributed by atoms with Gasteiger partial charge in [0, 0.05) is 62.2 Å². The first-order valence-electron chi connectivity index (χ1n) is 28.5. The third-order valence-electron chi connectivity index (χ3n) is 18.1. The molecule has 2 amide bonds. The first-order chi connectivity index (χ1) is 38.6. The molecule has 8 aromatic rings. The minimum absolute atomic E-state index is 0.0635. The Kier molecular flexibility index (Phi) is 16.5. The number of esters is 1. The van der Waals surface area contributed by atoms with Crippen molar-refractivity contribution in [3.05, 3.63) is 184 Å². The number of nitrogens with zero attached hydrogens (tertiary/aromatic N) is 8. The number of ether oxygens (including phenoxy) is 1. The number of hydrogen-bond acceptors (Lipinski definition) is 9. The van der Waals surface area contributed by atoms with E-state index in [1.807, 2.05) is 92.8 Å². The number of carbonyl (C=O) groups is 4. The lowest BCUT2D eigenvalue weighted by atomic mass is 9.78. The average molecular weight is 1090 g/mol. The maximum Gasteiger partial charge on any atom is 0.309 e. The van der Waals surface area contributed by atoms with Gasteiger partial charge in [-0.05, 0) is 208 Å². The molecule has 2 aliphatic rings. The normalized spacial score (nSPS) is 14.7. The largest absolute Gasteiger partial charge is 0.481 e. The number of aliphatic carboxylic acids is 1. The van der Waals surface area contributed by atoms with Gasteiger partial charge in [0.25, 0.3) is 11.8 Å². The molecule has 0 fully saturated rings. The zero-order valence-corrected chi connectivity index (χ0v) is 50.0. The molecule has 0 saturated carbocycles. The molecule has 2 unspecified atom stereocenters. The third kappa shape index (κ3) is 10.7. The number of aromatic nitrogens is 6. The van der Waals surface area contributed by atoms with E-state index in [1.165, 1.54) is 18.2 Å². The van der Waals surface area contributed by atoms with Crippen LogP contribution in [0.2, 0.25) is 0 Å². The van der Waals surface area contributed by atoms with Gasteiger partial charge in [-0.2, -0.15) is 0 Å². The van der Waals surface area contributed by atoms with Crippen molar-refractivity contribution in [1.82, 2.24) is 39.8 Å². The molecule has 6 aromatic carbocycles. The first kappa shape index (κ1) is 57.7. The molecule has 14 heteroatoms. The second-order valence-electron chi connectivity index (χ2n) is 22.8. The van der Waals surface area contributed by atoms with Crippen LogP contribution in [0.25, 0.3) is 22.1 Å². The van der Waals surface area contributed by atoms with Gasteiger partial charge < -0.3 is 19.6 Å². The van der Waals surface area contributed by atoms with Crippen LogP contribution < -0.4 is 0 Å². The second kappa shape index (κ2) is 23.2. The van der Waals surface area contributed by atoms with E-state index < -0.39 is 17.8 Å². The van der Waals surface area contributed by atoms with Crippen LogP contribution in [0.1, 0.15) is 160 Å². The summed E-state index contributed by atoms with van der Waals surface area (Å²) in [5.41, 5.74) is 24.5. The summed E-state index contributed by atoms with van der Waals surface area (Å²) in [5, 5.41) is 27.6. The second-order valence-corrected chi connectivity index (χ2v) is 22.8. The van der Waals surface area contributed by atoms with Crippen molar-refractivity contribution >= 4 is 45.8 Å². The molecule has 14 nitrogen and oxygen atoms in total. The molecule has 2 aliphatic heterocycles. The minimum atomic E-state index is -0.850. The lowest BCUT2D eigenvalue weighted by Crippen LogP contribution is -2.37. The van der Waals surface area contributed by atoms with Crippen molar-refractivity contribution < 1.29 is 29.0 Å². The number of carboxylic acids is 1. The van der Waals surface area contributed by atoms with E-state index in [0.717, 1.165) is 142 Å². The van der Waals surface area contributed by atoms with Gasteiger partial charge in [-0.15, -0.1) is 10.2 Å². The summed E-state index contributed by atoms with van der Waals surface area (Å²) < 4.78 is 8.95. The summed E-state index contributed by atoms with van der Waals surface area (Å²) in [7, 11) is 1.44. The molecule has 4 atom stereocenters. The molecule has 2 aromatic heterocycles. The van der Waals surface area contributed by atoms with Gasteiger partial charge >= 0.3 is 11.9 Å². The quantitative estimate of drug-likeness (QED) is 0.116. The summed E-state index contributed by atoms with van der Waals surface area (Å²) >= 11 is 0. The Hall–Kier alpha value is -8.00. The van der Waals surface area contributed by atoms with Gasteiger partial charge in [0.2, 0.25) is 0 Å². The molecule has 1 N–H and O–H groups in total. The summed E-state index contributed by atoms with van der Waals surface area (Å²) in [6.45, 7) is 32.0. The van der Waals surface area contributed by atoms with Gasteiger partial charge in [-0.25, -0.2) is 9.36 Å². The number of rotatable bonds is 12. The number of carboxylic acid groups (broad SMARTS) is 1. The Bertz CT molecular complexity index is 3760. The zero-order chi connectivity index (χ0) is 58.5. The van der Waals surface area contributed by atoms with E-state index in [4.69, 9.17) is 4.74 Å². The minimum Gasteiger partial charge on any atom is -0.481 e. The van der Waals surface area contributed by atoms with Crippen LogP contribution in [0.4, 0.5) is 0 Å². The third-order valence-corrected chi connectivity index (χ3v) is 18.1. The Labute approximate surface area is 476 Å². The number of amides is 2. The highest BCUT2D eigenvalue weighted by atomic mass is 16.5. The smallest absolute Gasteiger partial charge is 0.309 e. The average Bonchev–Trinajstić information content (AvgIpc) is 4.12. The number of hydrogen-bond donors (Lipinski definition) is 1. The molecule has 4 heterocycles. The molecule has 0 saturated heterocycles. The van der Waals surface area contributed by atoms with E-state index in [1.54, 1.807) is 6.92 Å². The summed E-state index contributed by atoms with van der Waals surface area (Å²) in [6.07, 6.45) is 1.57. The van der Waals surface area contributed by atoms with Gasteiger partial charge in [0.15, 0.2) is 0 Å². The molecule has 10 rings (SSSR count). The first-order valence-corrected chi connectivity index (χ1v) is 28.5. The number of fused-ring (bicyclic) bond motifs is 4. The highest BCUT2D eigenvalue weighted by molar-refractivity contribution is 5.99. The topological polar surface area (TPSA) is 166 Å².